The molecule has 0 fully saturated rings. The quantitative estimate of drug-likeness (QED) is 0.215. The Hall–Kier alpha value is -2.63. The first-order valence-electron chi connectivity index (χ1n) is 11.6. The maximum absolute atomic E-state index is 13.3. The van der Waals surface area contributed by atoms with Crippen molar-refractivity contribution < 1.29 is 23.5 Å². The molecule has 0 radical (unpaired) electrons. The van der Waals surface area contributed by atoms with Gasteiger partial charge in [-0.25, -0.2) is 9.18 Å². The van der Waals surface area contributed by atoms with Gasteiger partial charge < -0.3 is 19.4 Å². The van der Waals surface area contributed by atoms with E-state index in [-0.39, 0.29) is 35.9 Å². The van der Waals surface area contributed by atoms with Crippen LogP contribution in [-0.2, 0) is 36.0 Å². The molecule has 2 heterocycles. The number of benzene rings is 1. The molecule has 0 bridgehead atoms. The Morgan fingerprint density at radius 2 is 2.06 bits per heavy atom. The van der Waals surface area contributed by atoms with E-state index in [0.717, 1.165) is 42.5 Å². The minimum absolute atomic E-state index is 0.0269. The molecule has 0 unspecified atom stereocenters. The standard InChI is InChI=1S/C24H26ClFN4O4S2/c1-3-33-23(32)21-15-7-5-4-6-8-18(15)36-22(21)27-20(31)13-35-24-29-28-19(30(24)2)12-34-14-9-10-17(26)16(25)11-14/h9-11H,3-8,12-13H2,1-2H3,(H,27,31). The van der Waals surface area contributed by atoms with Crippen molar-refractivity contribution in [2.45, 2.75) is 50.8 Å². The molecule has 1 aliphatic rings. The average molecular weight is 553 g/mol. The molecule has 0 aliphatic heterocycles. The summed E-state index contributed by atoms with van der Waals surface area (Å²) in [6.45, 7) is 2.15. The number of ether oxygens (including phenoxy) is 2. The number of carbonyl (C=O) groups is 2. The lowest BCUT2D eigenvalue weighted by molar-refractivity contribution is -0.113. The number of thiophene rings is 1. The zero-order valence-electron chi connectivity index (χ0n) is 19.9. The maximum Gasteiger partial charge on any atom is 0.341 e. The highest BCUT2D eigenvalue weighted by molar-refractivity contribution is 7.99. The number of thioether (sulfide) groups is 1. The fraction of sp³-hybridized carbons (Fsp3) is 0.417. The molecule has 192 valence electrons. The topological polar surface area (TPSA) is 95.3 Å². The van der Waals surface area contributed by atoms with Gasteiger partial charge in [0.2, 0.25) is 5.91 Å². The van der Waals surface area contributed by atoms with Crippen LogP contribution in [-0.4, -0.2) is 39.0 Å². The molecular weight excluding hydrogens is 527 g/mol. The first-order chi connectivity index (χ1) is 17.4. The molecule has 4 rings (SSSR count). The van der Waals surface area contributed by atoms with Gasteiger partial charge in [0.25, 0.3) is 0 Å². The summed E-state index contributed by atoms with van der Waals surface area (Å²) < 4.78 is 25.9. The Morgan fingerprint density at radius 3 is 2.83 bits per heavy atom. The molecule has 2 aromatic heterocycles. The van der Waals surface area contributed by atoms with Gasteiger partial charge in [0.05, 0.1) is 22.9 Å². The van der Waals surface area contributed by atoms with Gasteiger partial charge in [-0.15, -0.1) is 21.5 Å². The van der Waals surface area contributed by atoms with Gasteiger partial charge in [-0.05, 0) is 50.3 Å². The van der Waals surface area contributed by atoms with E-state index >= 15 is 0 Å². The number of amides is 1. The van der Waals surface area contributed by atoms with E-state index in [2.05, 4.69) is 15.5 Å². The second-order valence-corrected chi connectivity index (χ2v) is 10.6. The Balaban J connectivity index is 1.38. The SMILES string of the molecule is CCOC(=O)c1c(NC(=O)CSc2nnc(COc3ccc(F)c(Cl)c3)n2C)sc2c1CCCCC2. The van der Waals surface area contributed by atoms with E-state index in [1.165, 1.54) is 41.3 Å². The molecule has 36 heavy (non-hydrogen) atoms. The maximum atomic E-state index is 13.3. The van der Waals surface area contributed by atoms with Gasteiger partial charge in [-0.3, -0.25) is 4.79 Å². The number of hydrogen-bond acceptors (Lipinski definition) is 8. The van der Waals surface area contributed by atoms with Crippen molar-refractivity contribution in [3.8, 4) is 5.75 Å². The lowest BCUT2D eigenvalue weighted by Gasteiger charge is -2.09. The number of halogens is 2. The van der Waals surface area contributed by atoms with Gasteiger partial charge in [-0.2, -0.15) is 0 Å². The van der Waals surface area contributed by atoms with Gasteiger partial charge in [0.15, 0.2) is 11.0 Å². The third-order valence-electron chi connectivity index (χ3n) is 5.67. The van der Waals surface area contributed by atoms with Crippen LogP contribution in [0, 0.1) is 5.82 Å². The molecule has 1 N–H and O–H groups in total. The summed E-state index contributed by atoms with van der Waals surface area (Å²) in [6, 6.07) is 4.10. The molecule has 12 heteroatoms. The molecule has 8 nitrogen and oxygen atoms in total. The average Bonchev–Trinajstić information content (AvgIpc) is 3.28. The number of anilines is 1. The number of hydrogen-bond donors (Lipinski definition) is 1. The molecule has 0 saturated carbocycles. The highest BCUT2D eigenvalue weighted by Crippen LogP contribution is 2.38. The molecule has 3 aromatic rings. The lowest BCUT2D eigenvalue weighted by Crippen LogP contribution is -2.17. The van der Waals surface area contributed by atoms with Crippen LogP contribution in [0.2, 0.25) is 5.02 Å². The molecule has 1 aromatic carbocycles. The number of fused-ring (bicyclic) bond motifs is 1. The van der Waals surface area contributed by atoms with Crippen molar-refractivity contribution in [1.82, 2.24) is 14.8 Å². The van der Waals surface area contributed by atoms with Crippen molar-refractivity contribution in [3.63, 3.8) is 0 Å². The van der Waals surface area contributed by atoms with E-state index in [4.69, 9.17) is 21.1 Å². The minimum atomic E-state index is -0.521. The number of aryl methyl sites for hydroxylation is 1. The van der Waals surface area contributed by atoms with Crippen LogP contribution in [0.4, 0.5) is 9.39 Å². The lowest BCUT2D eigenvalue weighted by atomic mass is 10.1. The number of esters is 1. The first kappa shape index (κ1) is 26.4. The van der Waals surface area contributed by atoms with Crippen LogP contribution in [0.5, 0.6) is 5.75 Å². The summed E-state index contributed by atoms with van der Waals surface area (Å²) >= 11 is 8.48. The number of rotatable bonds is 9. The third kappa shape index (κ3) is 6.19. The summed E-state index contributed by atoms with van der Waals surface area (Å²) in [7, 11) is 1.77. The summed E-state index contributed by atoms with van der Waals surface area (Å²) in [5, 5.41) is 12.2. The first-order valence-corrected chi connectivity index (χ1v) is 13.8. The van der Waals surface area contributed by atoms with Crippen LogP contribution in [0.1, 0.15) is 52.8 Å². The van der Waals surface area contributed by atoms with E-state index in [1.54, 1.807) is 18.5 Å². The summed E-state index contributed by atoms with van der Waals surface area (Å²) in [4.78, 5) is 26.6. The van der Waals surface area contributed by atoms with Crippen LogP contribution >= 0.6 is 34.7 Å². The zero-order valence-corrected chi connectivity index (χ0v) is 22.3. The van der Waals surface area contributed by atoms with Crippen molar-refractivity contribution in [2.75, 3.05) is 17.7 Å². The number of nitrogens with one attached hydrogen (secondary N) is 1. The molecule has 0 atom stereocenters. The van der Waals surface area contributed by atoms with Gasteiger partial charge in [-0.1, -0.05) is 29.8 Å². The Morgan fingerprint density at radius 1 is 1.25 bits per heavy atom. The summed E-state index contributed by atoms with van der Waals surface area (Å²) in [6.07, 6.45) is 4.95. The molecule has 1 amide bonds. The molecular formula is C24H26ClFN4O4S2. The predicted octanol–water partition coefficient (Wildman–Crippen LogP) is 5.42. The van der Waals surface area contributed by atoms with Gasteiger partial charge in [0.1, 0.15) is 23.2 Å². The third-order valence-corrected chi connectivity index (χ3v) is 8.19. The Labute approximate surface area is 221 Å². The normalized spacial score (nSPS) is 13.1. The second kappa shape index (κ2) is 12.1. The number of aromatic nitrogens is 3. The van der Waals surface area contributed by atoms with Crippen molar-refractivity contribution in [2.24, 2.45) is 7.05 Å². The van der Waals surface area contributed by atoms with Crippen LogP contribution in [0.25, 0.3) is 0 Å². The second-order valence-electron chi connectivity index (χ2n) is 8.15. The molecule has 1 aliphatic carbocycles. The van der Waals surface area contributed by atoms with Crippen molar-refractivity contribution in [3.05, 3.63) is 50.9 Å². The van der Waals surface area contributed by atoms with Crippen LogP contribution < -0.4 is 10.1 Å². The van der Waals surface area contributed by atoms with Gasteiger partial charge >= 0.3 is 5.97 Å². The summed E-state index contributed by atoms with van der Waals surface area (Å²) in [5.74, 6) is -0.128. The van der Waals surface area contributed by atoms with Crippen molar-refractivity contribution in [1.29, 1.82) is 0 Å². The van der Waals surface area contributed by atoms with E-state index in [9.17, 15) is 14.0 Å². The minimum Gasteiger partial charge on any atom is -0.486 e. The molecule has 0 saturated heterocycles. The Bertz CT molecular complexity index is 1260. The number of carbonyl (C=O) groups excluding carboxylic acids is 2. The van der Waals surface area contributed by atoms with Crippen LogP contribution in [0.3, 0.4) is 0 Å². The monoisotopic (exact) mass is 552 g/mol. The van der Waals surface area contributed by atoms with E-state index in [1.807, 2.05) is 0 Å². The van der Waals surface area contributed by atoms with Crippen molar-refractivity contribution >= 4 is 51.6 Å². The molecule has 0 spiro atoms. The fourth-order valence-electron chi connectivity index (χ4n) is 3.85. The van der Waals surface area contributed by atoms with Crippen LogP contribution in [0.15, 0.2) is 23.4 Å². The smallest absolute Gasteiger partial charge is 0.341 e. The number of nitrogens with zero attached hydrogens (tertiary/aromatic N) is 3. The summed E-state index contributed by atoms with van der Waals surface area (Å²) in [5.41, 5.74) is 1.51. The highest BCUT2D eigenvalue weighted by Gasteiger charge is 2.26. The Kier molecular flexibility index (Phi) is 8.86. The zero-order chi connectivity index (χ0) is 25.7. The van der Waals surface area contributed by atoms with E-state index in [0.29, 0.717) is 27.3 Å². The predicted molar refractivity (Wildman–Crippen MR) is 138 cm³/mol. The largest absolute Gasteiger partial charge is 0.486 e. The highest BCUT2D eigenvalue weighted by atomic mass is 35.5. The van der Waals surface area contributed by atoms with E-state index < -0.39 is 5.82 Å². The fourth-order valence-corrected chi connectivity index (χ4v) is 6.05. The van der Waals surface area contributed by atoms with Gasteiger partial charge in [0, 0.05) is 18.0 Å².